The number of benzene rings is 2. The molecule has 3 N–H and O–H groups in total. The van der Waals surface area contributed by atoms with Gasteiger partial charge in [0.1, 0.15) is 35.2 Å². The fraction of sp³-hybridized carbons (Fsp3) is 0.400. The van der Waals surface area contributed by atoms with Gasteiger partial charge in [0, 0.05) is 67.0 Å². The lowest BCUT2D eigenvalue weighted by atomic mass is 9.92. The molecular weight excluding hydrogens is 822 g/mol. The fourth-order valence-corrected chi connectivity index (χ4v) is 8.79. The molecule has 0 bridgehead atoms. The summed E-state index contributed by atoms with van der Waals surface area (Å²) in [5, 5.41) is 22.1. The maximum Gasteiger partial charge on any atom is 0.435 e. The monoisotopic (exact) mass is 858 g/mol. The number of nitrogens with zero attached hydrogens (tertiary/aromatic N) is 6. The van der Waals surface area contributed by atoms with Crippen LogP contribution in [0, 0.1) is 29.4 Å². The summed E-state index contributed by atoms with van der Waals surface area (Å²) in [6.07, 6.45) is -3.97. The average molecular weight is 859 g/mol. The van der Waals surface area contributed by atoms with Gasteiger partial charge in [-0.05, 0) is 67.6 Å². The highest BCUT2D eigenvalue weighted by molar-refractivity contribution is 7.92. The summed E-state index contributed by atoms with van der Waals surface area (Å²) >= 11 is 0. The van der Waals surface area contributed by atoms with Gasteiger partial charge in [0.25, 0.3) is 5.92 Å². The number of aryl methyl sites for hydroxylation is 1. The Morgan fingerprint density at radius 3 is 2.40 bits per heavy atom. The second-order valence-corrected chi connectivity index (χ2v) is 17.5. The third-order valence-corrected chi connectivity index (χ3v) is 11.7. The van der Waals surface area contributed by atoms with Crippen molar-refractivity contribution >= 4 is 32.7 Å². The normalized spacial score (nSPS) is 19.9. The molecular formula is C40H37F7N8O4S. The molecule has 60 heavy (non-hydrogen) atoms. The molecule has 0 radical (unpaired) electrons. The number of likely N-dealkylation sites (tertiary alicyclic amines) is 1. The Hall–Kier alpha value is -5.52. The number of carbonyl (C=O) groups excluding carboxylic acids is 1. The first-order valence-corrected chi connectivity index (χ1v) is 20.7. The first-order valence-electron chi connectivity index (χ1n) is 18.8. The summed E-state index contributed by atoms with van der Waals surface area (Å²) in [6.45, 7) is 0.0713. The quantitative estimate of drug-likeness (QED) is 0.128. The van der Waals surface area contributed by atoms with E-state index in [1.54, 1.807) is 31.3 Å². The van der Waals surface area contributed by atoms with Crippen LogP contribution in [0.15, 0.2) is 48.5 Å². The molecule has 2 fully saturated rings. The number of hydrogen-bond donors (Lipinski definition) is 3. The third kappa shape index (κ3) is 7.92. The van der Waals surface area contributed by atoms with Crippen molar-refractivity contribution in [3.8, 4) is 23.0 Å². The van der Waals surface area contributed by atoms with Crippen LogP contribution in [0.1, 0.15) is 65.1 Å². The number of fused-ring (bicyclic) bond motifs is 4. The number of alkyl halides is 5. The molecule has 20 heteroatoms. The highest BCUT2D eigenvalue weighted by Gasteiger charge is 2.68. The SMILES string of the molecule is CN1CCC(O)(C#Cc2ccc(-c3cccc4c(NS(C)(=O)=O)nn(C)c34)c([C@H](Cc3cc(F)cc(F)c3)NC(=O)Cn3nc(C(F)(F)F)c4c3C(F)(F)C3C[C@H]43)n2)CC1. The predicted octanol–water partition coefficient (Wildman–Crippen LogP) is 5.62. The third-order valence-electron chi connectivity index (χ3n) is 11.1. The number of para-hydroxylation sites is 1. The maximum atomic E-state index is 15.4. The Kier molecular flexibility index (Phi) is 10.0. The number of sulfonamides is 1. The first kappa shape index (κ1) is 41.2. The molecule has 3 aliphatic rings. The molecule has 1 saturated heterocycles. The van der Waals surface area contributed by atoms with Crippen molar-refractivity contribution in [3.05, 3.63) is 94.1 Å². The number of nitrogens with one attached hydrogen (secondary N) is 2. The van der Waals surface area contributed by atoms with Gasteiger partial charge in [-0.25, -0.2) is 22.2 Å². The molecule has 0 spiro atoms. The minimum absolute atomic E-state index is 0.000255. The van der Waals surface area contributed by atoms with Gasteiger partial charge >= 0.3 is 6.18 Å². The number of aromatic nitrogens is 5. The van der Waals surface area contributed by atoms with Crippen LogP contribution < -0.4 is 10.0 Å². The molecule has 8 rings (SSSR count). The Balaban J connectivity index is 1.26. The van der Waals surface area contributed by atoms with E-state index in [9.17, 15) is 40.3 Å². The van der Waals surface area contributed by atoms with Gasteiger partial charge in [0.2, 0.25) is 15.9 Å². The summed E-state index contributed by atoms with van der Waals surface area (Å²) < 4.78 is 131. The second-order valence-electron chi connectivity index (χ2n) is 15.7. The van der Waals surface area contributed by atoms with E-state index in [2.05, 4.69) is 32.1 Å². The first-order chi connectivity index (χ1) is 28.1. The van der Waals surface area contributed by atoms with E-state index in [0.29, 0.717) is 53.1 Å². The molecule has 1 amide bonds. The molecule has 5 aromatic rings. The smallest absolute Gasteiger partial charge is 0.377 e. The Morgan fingerprint density at radius 2 is 1.73 bits per heavy atom. The van der Waals surface area contributed by atoms with Crippen molar-refractivity contribution < 1.29 is 49.1 Å². The zero-order valence-electron chi connectivity index (χ0n) is 32.2. The number of halogens is 7. The molecule has 1 aliphatic heterocycles. The highest BCUT2D eigenvalue weighted by atomic mass is 32.2. The van der Waals surface area contributed by atoms with Crippen molar-refractivity contribution in [2.24, 2.45) is 13.0 Å². The van der Waals surface area contributed by atoms with E-state index in [1.165, 1.54) is 10.7 Å². The number of amides is 1. The summed E-state index contributed by atoms with van der Waals surface area (Å²) in [4.78, 5) is 20.8. The maximum absolute atomic E-state index is 15.4. The number of aliphatic hydroxyl groups is 1. The molecule has 1 saturated carbocycles. The van der Waals surface area contributed by atoms with E-state index < -0.39 is 86.6 Å². The molecule has 2 aliphatic carbocycles. The summed E-state index contributed by atoms with van der Waals surface area (Å²) in [5.41, 5.74) is -3.26. The van der Waals surface area contributed by atoms with Crippen LogP contribution in [0.5, 0.6) is 0 Å². The minimum Gasteiger partial charge on any atom is -0.377 e. The molecule has 12 nitrogen and oxygen atoms in total. The fourth-order valence-electron chi connectivity index (χ4n) is 8.29. The summed E-state index contributed by atoms with van der Waals surface area (Å²) in [7, 11) is -0.322. The largest absolute Gasteiger partial charge is 0.435 e. The number of anilines is 1. The van der Waals surface area contributed by atoms with Crippen molar-refractivity contribution in [1.82, 2.24) is 34.8 Å². The van der Waals surface area contributed by atoms with E-state index in [0.717, 1.165) is 18.4 Å². The number of rotatable bonds is 9. The predicted molar refractivity (Wildman–Crippen MR) is 204 cm³/mol. The number of carbonyl (C=O) groups is 1. The Bertz CT molecular complexity index is 2710. The van der Waals surface area contributed by atoms with Gasteiger partial charge in [0.05, 0.1) is 23.5 Å². The van der Waals surface area contributed by atoms with E-state index in [-0.39, 0.29) is 41.2 Å². The standard InChI is InChI=1S/C40H37F7N8O4S/c1-53-13-11-38(57,12-14-53)10-9-24-7-8-25(26-5-4-6-27-34(26)54(2)51-37(27)52-60(3,58)59)33(48-24)30(17-21-15-22(41)18-23(42)16-21)49-31(56)20-55-36-32(35(50-55)40(45,46)47)28-19-29(28)39(36,43)44/h4-8,15-16,18,28-30,57H,11-14,17,19-20H2,1-3H3,(H,49,56)(H,51,52)/t28-,29?,30-/m0/s1. The average Bonchev–Trinajstić information content (AvgIpc) is 3.70. The summed E-state index contributed by atoms with van der Waals surface area (Å²) in [6, 6.07) is 9.29. The Labute approximate surface area is 338 Å². The van der Waals surface area contributed by atoms with Crippen LogP contribution in [-0.2, 0) is 46.9 Å². The van der Waals surface area contributed by atoms with Crippen LogP contribution >= 0.6 is 0 Å². The minimum atomic E-state index is -5.08. The van der Waals surface area contributed by atoms with Gasteiger partial charge in [-0.3, -0.25) is 18.9 Å². The highest BCUT2D eigenvalue weighted by Crippen LogP contribution is 2.68. The lowest BCUT2D eigenvalue weighted by Crippen LogP contribution is -2.41. The van der Waals surface area contributed by atoms with Gasteiger partial charge in [-0.2, -0.15) is 32.1 Å². The van der Waals surface area contributed by atoms with E-state index in [1.807, 2.05) is 11.9 Å². The molecule has 3 aromatic heterocycles. The number of piperidine rings is 1. The van der Waals surface area contributed by atoms with Gasteiger partial charge in [-0.15, -0.1) is 0 Å². The zero-order chi connectivity index (χ0) is 43.1. The topological polar surface area (TPSA) is 147 Å². The van der Waals surface area contributed by atoms with Gasteiger partial charge in [-0.1, -0.05) is 18.1 Å². The van der Waals surface area contributed by atoms with Gasteiger partial charge < -0.3 is 15.3 Å². The van der Waals surface area contributed by atoms with Crippen LogP contribution in [0.2, 0.25) is 0 Å². The molecule has 316 valence electrons. The van der Waals surface area contributed by atoms with Crippen LogP contribution in [-0.4, -0.2) is 80.9 Å². The van der Waals surface area contributed by atoms with Crippen molar-refractivity contribution in [2.45, 2.75) is 61.9 Å². The Morgan fingerprint density at radius 1 is 1.03 bits per heavy atom. The van der Waals surface area contributed by atoms with E-state index in [4.69, 9.17) is 4.98 Å². The summed E-state index contributed by atoms with van der Waals surface area (Å²) in [5.74, 6) is -3.26. The van der Waals surface area contributed by atoms with Crippen LogP contribution in [0.4, 0.5) is 36.6 Å². The zero-order valence-corrected chi connectivity index (χ0v) is 33.0. The molecule has 2 aromatic carbocycles. The second kappa shape index (κ2) is 14.6. The van der Waals surface area contributed by atoms with Crippen LogP contribution in [0.25, 0.3) is 22.0 Å². The van der Waals surface area contributed by atoms with Crippen molar-refractivity contribution in [2.75, 3.05) is 31.1 Å². The number of pyridine rings is 1. The van der Waals surface area contributed by atoms with Crippen molar-refractivity contribution in [3.63, 3.8) is 0 Å². The van der Waals surface area contributed by atoms with Crippen LogP contribution in [0.3, 0.4) is 0 Å². The lowest BCUT2D eigenvalue weighted by Gasteiger charge is -2.32. The van der Waals surface area contributed by atoms with E-state index >= 15 is 8.78 Å². The van der Waals surface area contributed by atoms with Crippen molar-refractivity contribution in [1.29, 1.82) is 0 Å². The molecule has 4 heterocycles. The van der Waals surface area contributed by atoms with Gasteiger partial charge in [0.15, 0.2) is 11.5 Å². The number of hydrogen-bond acceptors (Lipinski definition) is 8. The molecule has 3 atom stereocenters. The lowest BCUT2D eigenvalue weighted by molar-refractivity contribution is -0.142. The molecule has 1 unspecified atom stereocenters.